The Bertz CT molecular complexity index is 761. The summed E-state index contributed by atoms with van der Waals surface area (Å²) in [4.78, 5) is 0. The van der Waals surface area contributed by atoms with Crippen LogP contribution in [0.15, 0.2) is 42.5 Å². The molecule has 3 rings (SSSR count). The van der Waals surface area contributed by atoms with E-state index in [1.54, 1.807) is 6.07 Å². The molecule has 2 atom stereocenters. The monoisotopic (exact) mass is 365 g/mol. The summed E-state index contributed by atoms with van der Waals surface area (Å²) in [5.41, 5.74) is 0.959. The molecule has 0 amide bonds. The van der Waals surface area contributed by atoms with Gasteiger partial charge in [0, 0.05) is 18.5 Å². The Kier molecular flexibility index (Phi) is 5.41. The second-order valence-corrected chi connectivity index (χ2v) is 6.49. The van der Waals surface area contributed by atoms with E-state index in [2.05, 4.69) is 5.32 Å². The summed E-state index contributed by atoms with van der Waals surface area (Å²) in [5.74, 6) is 1.43. The minimum atomic E-state index is -4.34. The number of halogens is 3. The molecule has 3 nitrogen and oxygen atoms in total. The molecule has 2 aromatic rings. The molecule has 2 unspecified atom stereocenters. The van der Waals surface area contributed by atoms with Crippen LogP contribution in [0.4, 0.5) is 13.2 Å². The van der Waals surface area contributed by atoms with Gasteiger partial charge >= 0.3 is 6.18 Å². The van der Waals surface area contributed by atoms with Crippen molar-refractivity contribution in [2.45, 2.75) is 38.5 Å². The van der Waals surface area contributed by atoms with Crippen LogP contribution >= 0.6 is 0 Å². The summed E-state index contributed by atoms with van der Waals surface area (Å²) in [6.45, 7) is 5.07. The van der Waals surface area contributed by atoms with Gasteiger partial charge in [0.2, 0.25) is 0 Å². The van der Waals surface area contributed by atoms with Crippen LogP contribution in [0.5, 0.6) is 11.5 Å². The van der Waals surface area contributed by atoms with Crippen LogP contribution in [-0.4, -0.2) is 13.2 Å². The van der Waals surface area contributed by atoms with E-state index in [1.165, 1.54) is 12.1 Å². The summed E-state index contributed by atoms with van der Waals surface area (Å²) < 4.78 is 50.0. The van der Waals surface area contributed by atoms with Gasteiger partial charge in [0.25, 0.3) is 0 Å². The Hall–Kier alpha value is -2.21. The zero-order chi connectivity index (χ0) is 18.7. The van der Waals surface area contributed by atoms with E-state index in [0.29, 0.717) is 24.5 Å². The zero-order valence-corrected chi connectivity index (χ0v) is 14.8. The van der Waals surface area contributed by atoms with E-state index in [1.807, 2.05) is 32.0 Å². The SMILES string of the molecule is CC(NC(C)c1ccc2c(c1)OCCCO2)c1cccc(C(F)(F)F)c1. The number of fused-ring (bicyclic) bond motifs is 1. The number of hydrogen-bond acceptors (Lipinski definition) is 3. The van der Waals surface area contributed by atoms with Crippen LogP contribution < -0.4 is 14.8 Å². The fraction of sp³-hybridized carbons (Fsp3) is 0.400. The van der Waals surface area contributed by atoms with Crippen LogP contribution in [0.1, 0.15) is 49.0 Å². The van der Waals surface area contributed by atoms with Gasteiger partial charge in [-0.3, -0.25) is 0 Å². The molecule has 1 N–H and O–H groups in total. The van der Waals surface area contributed by atoms with Crippen molar-refractivity contribution in [3.05, 3.63) is 59.2 Å². The highest BCUT2D eigenvalue weighted by Crippen LogP contribution is 2.34. The number of ether oxygens (including phenoxy) is 2. The van der Waals surface area contributed by atoms with E-state index in [4.69, 9.17) is 9.47 Å². The van der Waals surface area contributed by atoms with E-state index in [0.717, 1.165) is 23.8 Å². The van der Waals surface area contributed by atoms with Gasteiger partial charge in [0.05, 0.1) is 18.8 Å². The van der Waals surface area contributed by atoms with Crippen LogP contribution in [0.2, 0.25) is 0 Å². The quantitative estimate of drug-likeness (QED) is 0.800. The maximum Gasteiger partial charge on any atom is 0.416 e. The van der Waals surface area contributed by atoms with Crippen molar-refractivity contribution in [3.8, 4) is 11.5 Å². The largest absolute Gasteiger partial charge is 0.490 e. The maximum absolute atomic E-state index is 12.9. The summed E-state index contributed by atoms with van der Waals surface area (Å²) >= 11 is 0. The van der Waals surface area contributed by atoms with E-state index in [9.17, 15) is 13.2 Å². The number of alkyl halides is 3. The van der Waals surface area contributed by atoms with Crippen molar-refractivity contribution in [1.82, 2.24) is 5.32 Å². The molecule has 6 heteroatoms. The predicted molar refractivity (Wildman–Crippen MR) is 93.5 cm³/mol. The number of hydrogen-bond donors (Lipinski definition) is 1. The van der Waals surface area contributed by atoms with E-state index >= 15 is 0 Å². The van der Waals surface area contributed by atoms with Gasteiger partial charge in [0.15, 0.2) is 11.5 Å². The van der Waals surface area contributed by atoms with E-state index in [-0.39, 0.29) is 12.1 Å². The van der Waals surface area contributed by atoms with Gasteiger partial charge in [-0.1, -0.05) is 18.2 Å². The standard InChI is InChI=1S/C20H22F3NO2/c1-13(15-5-3-6-17(11-15)20(21,22)23)24-14(2)16-7-8-18-19(12-16)26-10-4-9-25-18/h3,5-8,11-14,24H,4,9-10H2,1-2H3. The Morgan fingerprint density at radius 2 is 1.54 bits per heavy atom. The molecular formula is C20H22F3NO2. The summed E-state index contributed by atoms with van der Waals surface area (Å²) in [5, 5.41) is 3.35. The summed E-state index contributed by atoms with van der Waals surface area (Å²) in [7, 11) is 0. The Morgan fingerprint density at radius 1 is 0.885 bits per heavy atom. The van der Waals surface area contributed by atoms with Crippen LogP contribution in [0.3, 0.4) is 0 Å². The normalized spacial score (nSPS) is 16.7. The molecule has 26 heavy (non-hydrogen) atoms. The minimum absolute atomic E-state index is 0.0586. The van der Waals surface area contributed by atoms with E-state index < -0.39 is 11.7 Å². The first kappa shape index (κ1) is 18.6. The van der Waals surface area contributed by atoms with Crippen molar-refractivity contribution in [2.24, 2.45) is 0 Å². The number of rotatable bonds is 4. The van der Waals surface area contributed by atoms with Crippen LogP contribution in [-0.2, 0) is 6.18 Å². The molecule has 0 aromatic heterocycles. The molecular weight excluding hydrogens is 343 g/mol. The first-order valence-electron chi connectivity index (χ1n) is 8.67. The third-order valence-electron chi connectivity index (χ3n) is 4.49. The van der Waals surface area contributed by atoms with Gasteiger partial charge in [-0.25, -0.2) is 0 Å². The lowest BCUT2D eigenvalue weighted by atomic mass is 10.0. The summed E-state index contributed by atoms with van der Waals surface area (Å²) in [6.07, 6.45) is -3.50. The Balaban J connectivity index is 1.73. The second-order valence-electron chi connectivity index (χ2n) is 6.49. The van der Waals surface area contributed by atoms with Crippen molar-refractivity contribution in [3.63, 3.8) is 0 Å². The third-order valence-corrected chi connectivity index (χ3v) is 4.49. The van der Waals surface area contributed by atoms with Crippen LogP contribution in [0, 0.1) is 0 Å². The molecule has 0 spiro atoms. The molecule has 0 bridgehead atoms. The smallest absolute Gasteiger partial charge is 0.416 e. The maximum atomic E-state index is 12.9. The predicted octanol–water partition coefficient (Wildman–Crippen LogP) is 5.28. The third kappa shape index (κ3) is 4.30. The van der Waals surface area contributed by atoms with Crippen LogP contribution in [0.25, 0.3) is 0 Å². The Labute approximate surface area is 151 Å². The van der Waals surface area contributed by atoms with Gasteiger partial charge < -0.3 is 14.8 Å². The molecule has 0 aliphatic carbocycles. The fourth-order valence-corrected chi connectivity index (χ4v) is 3.00. The average Bonchev–Trinajstić information content (AvgIpc) is 2.85. The highest BCUT2D eigenvalue weighted by atomic mass is 19.4. The molecule has 0 fully saturated rings. The lowest BCUT2D eigenvalue weighted by Gasteiger charge is -2.22. The number of benzene rings is 2. The average molecular weight is 365 g/mol. The first-order chi connectivity index (χ1) is 12.3. The molecule has 1 aliphatic heterocycles. The summed E-state index contributed by atoms with van der Waals surface area (Å²) in [6, 6.07) is 10.9. The highest BCUT2D eigenvalue weighted by Gasteiger charge is 2.30. The van der Waals surface area contributed by atoms with Crippen molar-refractivity contribution >= 4 is 0 Å². The van der Waals surface area contributed by atoms with Crippen molar-refractivity contribution in [2.75, 3.05) is 13.2 Å². The lowest BCUT2D eigenvalue weighted by Crippen LogP contribution is -2.23. The van der Waals surface area contributed by atoms with Crippen molar-refractivity contribution < 1.29 is 22.6 Å². The molecule has 0 radical (unpaired) electrons. The first-order valence-corrected chi connectivity index (χ1v) is 8.67. The molecule has 0 saturated carbocycles. The second kappa shape index (κ2) is 7.58. The highest BCUT2D eigenvalue weighted by molar-refractivity contribution is 5.44. The number of nitrogens with one attached hydrogen (secondary N) is 1. The fourth-order valence-electron chi connectivity index (χ4n) is 3.00. The molecule has 2 aromatic carbocycles. The van der Waals surface area contributed by atoms with Gasteiger partial charge in [-0.2, -0.15) is 13.2 Å². The zero-order valence-electron chi connectivity index (χ0n) is 14.8. The topological polar surface area (TPSA) is 30.5 Å². The van der Waals surface area contributed by atoms with Crippen molar-refractivity contribution in [1.29, 1.82) is 0 Å². The van der Waals surface area contributed by atoms with Gasteiger partial charge in [0.1, 0.15) is 0 Å². The van der Waals surface area contributed by atoms with Gasteiger partial charge in [-0.15, -0.1) is 0 Å². The molecule has 140 valence electrons. The molecule has 1 heterocycles. The van der Waals surface area contributed by atoms with Gasteiger partial charge in [-0.05, 0) is 49.2 Å². The Morgan fingerprint density at radius 3 is 2.23 bits per heavy atom. The molecule has 1 aliphatic rings. The molecule has 0 saturated heterocycles. The minimum Gasteiger partial charge on any atom is -0.490 e. The lowest BCUT2D eigenvalue weighted by molar-refractivity contribution is -0.137.